The van der Waals surface area contributed by atoms with Crippen LogP contribution in [-0.2, 0) is 12.8 Å². The van der Waals surface area contributed by atoms with Crippen LogP contribution in [0, 0.1) is 0 Å². The van der Waals surface area contributed by atoms with E-state index in [0.29, 0.717) is 16.9 Å². The van der Waals surface area contributed by atoms with Crippen molar-refractivity contribution in [2.24, 2.45) is 5.73 Å². The Morgan fingerprint density at radius 3 is 2.58 bits per heavy atom. The number of aryl methyl sites for hydroxylation is 2. The van der Waals surface area contributed by atoms with E-state index in [2.05, 4.69) is 25.0 Å². The summed E-state index contributed by atoms with van der Waals surface area (Å²) in [6.45, 7) is 4.11. The number of nitrogens with two attached hydrogens (primary N) is 2. The smallest absolute Gasteiger partial charge is 0.248 e. The lowest BCUT2D eigenvalue weighted by molar-refractivity contribution is 0.100. The minimum absolute atomic E-state index is 0.430. The Morgan fingerprint density at radius 2 is 2.00 bits per heavy atom. The van der Waals surface area contributed by atoms with Gasteiger partial charge in [-0.2, -0.15) is 5.10 Å². The predicted octanol–water partition coefficient (Wildman–Crippen LogP) is 1.68. The summed E-state index contributed by atoms with van der Waals surface area (Å²) in [7, 11) is 0. The molecule has 2 rings (SSSR count). The Morgan fingerprint density at radius 1 is 1.26 bits per heavy atom. The Bertz CT molecular complexity index is 616. The van der Waals surface area contributed by atoms with E-state index in [4.69, 9.17) is 11.5 Å². The van der Waals surface area contributed by atoms with Crippen LogP contribution in [0.5, 0.6) is 0 Å². The summed E-state index contributed by atoms with van der Waals surface area (Å²) in [5.41, 5.74) is 15.1. The third-order valence-electron chi connectivity index (χ3n) is 3.10. The van der Waals surface area contributed by atoms with Gasteiger partial charge in [0.2, 0.25) is 5.91 Å². The first-order valence-electron chi connectivity index (χ1n) is 6.34. The Hall–Kier alpha value is -2.30. The number of hydrogen-bond donors (Lipinski definition) is 2. The molecule has 0 aliphatic carbocycles. The van der Waals surface area contributed by atoms with Gasteiger partial charge in [0, 0.05) is 11.3 Å². The van der Waals surface area contributed by atoms with E-state index in [1.54, 1.807) is 22.9 Å². The molecule has 0 atom stereocenters. The minimum Gasteiger partial charge on any atom is -0.397 e. The molecule has 5 heteroatoms. The number of aromatic nitrogens is 2. The van der Waals surface area contributed by atoms with E-state index >= 15 is 0 Å². The number of amides is 1. The van der Waals surface area contributed by atoms with Gasteiger partial charge in [0.05, 0.1) is 17.1 Å². The van der Waals surface area contributed by atoms with E-state index in [-0.39, 0.29) is 0 Å². The summed E-state index contributed by atoms with van der Waals surface area (Å²) in [6.07, 6.45) is 1.70. The van der Waals surface area contributed by atoms with E-state index in [1.165, 1.54) is 0 Å². The summed E-state index contributed by atoms with van der Waals surface area (Å²) >= 11 is 0. The van der Waals surface area contributed by atoms with Crippen LogP contribution >= 0.6 is 0 Å². The van der Waals surface area contributed by atoms with Gasteiger partial charge in [-0.3, -0.25) is 4.79 Å². The third-order valence-corrected chi connectivity index (χ3v) is 3.10. The molecular formula is C14H18N4O. The number of hydrogen-bond acceptors (Lipinski definition) is 3. The van der Waals surface area contributed by atoms with Crippen LogP contribution in [0.4, 0.5) is 5.69 Å². The zero-order chi connectivity index (χ0) is 14.0. The molecule has 1 aromatic heterocycles. The molecule has 0 aliphatic heterocycles. The van der Waals surface area contributed by atoms with Crippen molar-refractivity contribution >= 4 is 11.6 Å². The molecule has 0 aliphatic rings. The van der Waals surface area contributed by atoms with Crippen LogP contribution in [0.1, 0.15) is 35.6 Å². The van der Waals surface area contributed by atoms with Crippen LogP contribution in [0.3, 0.4) is 0 Å². The highest BCUT2D eigenvalue weighted by Gasteiger charge is 2.12. The second kappa shape index (κ2) is 5.14. The third kappa shape index (κ3) is 2.45. The van der Waals surface area contributed by atoms with Crippen molar-refractivity contribution in [2.45, 2.75) is 26.7 Å². The molecule has 100 valence electrons. The lowest BCUT2D eigenvalue weighted by Crippen LogP contribution is -2.13. The fraction of sp³-hybridized carbons (Fsp3) is 0.286. The van der Waals surface area contributed by atoms with Crippen molar-refractivity contribution in [3.63, 3.8) is 0 Å². The normalized spacial score (nSPS) is 10.6. The van der Waals surface area contributed by atoms with Gasteiger partial charge in [-0.25, -0.2) is 4.68 Å². The Kier molecular flexibility index (Phi) is 3.55. The van der Waals surface area contributed by atoms with E-state index in [1.807, 2.05) is 0 Å². The maximum Gasteiger partial charge on any atom is 0.248 e. The largest absolute Gasteiger partial charge is 0.397 e. The lowest BCUT2D eigenvalue weighted by Gasteiger charge is -2.10. The van der Waals surface area contributed by atoms with Crippen molar-refractivity contribution in [2.75, 3.05) is 5.73 Å². The maximum absolute atomic E-state index is 11.3. The molecule has 5 nitrogen and oxygen atoms in total. The van der Waals surface area contributed by atoms with E-state index in [0.717, 1.165) is 24.2 Å². The standard InChI is InChI=1S/C14H18N4O/c1-3-10-8-11(4-2)18(17-10)13-7-9(14(16)19)5-6-12(13)15/h5-8H,3-4,15H2,1-2H3,(H2,16,19). The topological polar surface area (TPSA) is 86.9 Å². The molecule has 2 aromatic rings. The van der Waals surface area contributed by atoms with Gasteiger partial charge in [-0.1, -0.05) is 13.8 Å². The SMILES string of the molecule is CCc1cc(CC)n(-c2cc(C(N)=O)ccc2N)n1. The average Bonchev–Trinajstić information content (AvgIpc) is 2.82. The molecule has 19 heavy (non-hydrogen) atoms. The first-order valence-corrected chi connectivity index (χ1v) is 6.34. The molecule has 0 bridgehead atoms. The average molecular weight is 258 g/mol. The molecular weight excluding hydrogens is 240 g/mol. The van der Waals surface area contributed by atoms with Crippen molar-refractivity contribution in [1.29, 1.82) is 0 Å². The number of rotatable bonds is 4. The molecule has 0 fully saturated rings. The minimum atomic E-state index is -0.470. The molecule has 0 saturated carbocycles. The van der Waals surface area contributed by atoms with Gasteiger partial charge >= 0.3 is 0 Å². The number of carbonyl (C=O) groups excluding carboxylic acids is 1. The Balaban J connectivity index is 2.60. The van der Waals surface area contributed by atoms with Crippen molar-refractivity contribution < 1.29 is 4.79 Å². The predicted molar refractivity (Wildman–Crippen MR) is 75.3 cm³/mol. The van der Waals surface area contributed by atoms with Gasteiger partial charge in [0.15, 0.2) is 0 Å². The van der Waals surface area contributed by atoms with Crippen LogP contribution in [0.25, 0.3) is 5.69 Å². The van der Waals surface area contributed by atoms with Gasteiger partial charge in [0.1, 0.15) is 0 Å². The fourth-order valence-electron chi connectivity index (χ4n) is 1.99. The molecule has 1 heterocycles. The molecule has 1 aromatic carbocycles. The summed E-state index contributed by atoms with van der Waals surface area (Å²) in [4.78, 5) is 11.3. The first kappa shape index (κ1) is 13.1. The maximum atomic E-state index is 11.3. The summed E-state index contributed by atoms with van der Waals surface area (Å²) in [6, 6.07) is 7.04. The molecule has 4 N–H and O–H groups in total. The summed E-state index contributed by atoms with van der Waals surface area (Å²) in [5, 5.41) is 4.52. The molecule has 0 spiro atoms. The molecule has 1 amide bonds. The van der Waals surface area contributed by atoms with Crippen molar-refractivity contribution in [3.05, 3.63) is 41.2 Å². The number of anilines is 1. The monoisotopic (exact) mass is 258 g/mol. The van der Waals surface area contributed by atoms with Gasteiger partial charge in [-0.05, 0) is 37.1 Å². The molecule has 0 unspecified atom stereocenters. The second-order valence-electron chi connectivity index (χ2n) is 4.38. The number of primary amides is 1. The van der Waals surface area contributed by atoms with Gasteiger partial charge in [0.25, 0.3) is 0 Å². The highest BCUT2D eigenvalue weighted by Crippen LogP contribution is 2.21. The van der Waals surface area contributed by atoms with Crippen LogP contribution < -0.4 is 11.5 Å². The van der Waals surface area contributed by atoms with E-state index < -0.39 is 5.91 Å². The lowest BCUT2D eigenvalue weighted by atomic mass is 10.1. The highest BCUT2D eigenvalue weighted by atomic mass is 16.1. The number of benzene rings is 1. The first-order chi connectivity index (χ1) is 9.06. The summed E-state index contributed by atoms with van der Waals surface area (Å²) < 4.78 is 1.79. The number of nitrogens with zero attached hydrogens (tertiary/aromatic N) is 2. The molecule has 0 radical (unpaired) electrons. The van der Waals surface area contributed by atoms with Gasteiger partial charge in [-0.15, -0.1) is 0 Å². The number of carbonyl (C=O) groups is 1. The van der Waals surface area contributed by atoms with E-state index in [9.17, 15) is 4.79 Å². The summed E-state index contributed by atoms with van der Waals surface area (Å²) in [5.74, 6) is -0.470. The zero-order valence-corrected chi connectivity index (χ0v) is 11.2. The zero-order valence-electron chi connectivity index (χ0n) is 11.2. The van der Waals surface area contributed by atoms with Crippen molar-refractivity contribution in [3.8, 4) is 5.69 Å². The fourth-order valence-corrected chi connectivity index (χ4v) is 1.99. The van der Waals surface area contributed by atoms with Crippen LogP contribution in [-0.4, -0.2) is 15.7 Å². The quantitative estimate of drug-likeness (QED) is 0.818. The number of nitrogen functional groups attached to an aromatic ring is 1. The second-order valence-corrected chi connectivity index (χ2v) is 4.38. The van der Waals surface area contributed by atoms with Crippen LogP contribution in [0.2, 0.25) is 0 Å². The molecule has 0 saturated heterocycles. The van der Waals surface area contributed by atoms with Gasteiger partial charge < -0.3 is 11.5 Å². The van der Waals surface area contributed by atoms with Crippen LogP contribution in [0.15, 0.2) is 24.3 Å². The Labute approximate surface area is 112 Å². The van der Waals surface area contributed by atoms with Crippen molar-refractivity contribution in [1.82, 2.24) is 9.78 Å². The highest BCUT2D eigenvalue weighted by molar-refractivity contribution is 5.94.